The largest absolute Gasteiger partial charge is 0.479 e. The van der Waals surface area contributed by atoms with E-state index in [9.17, 15) is 0 Å². The van der Waals surface area contributed by atoms with Gasteiger partial charge in [0.2, 0.25) is 0 Å². The average Bonchev–Trinajstić information content (AvgIpc) is 2.93. The van der Waals surface area contributed by atoms with E-state index >= 15 is 0 Å². The predicted octanol–water partition coefficient (Wildman–Crippen LogP) is 4.78. The van der Waals surface area contributed by atoms with Gasteiger partial charge in [-0.25, -0.2) is 11.9 Å². The molecule has 0 saturated carbocycles. The molecule has 1 heterocycles. The van der Waals surface area contributed by atoms with E-state index in [1.807, 2.05) is 80.4 Å². The Balaban J connectivity index is 0.00000121. The van der Waals surface area contributed by atoms with Gasteiger partial charge in [0, 0.05) is 82.4 Å². The molecule has 0 bridgehead atoms. The number of rotatable bonds is 4. The first-order valence-electron chi connectivity index (χ1n) is 6.63. The summed E-state index contributed by atoms with van der Waals surface area (Å²) in [4.78, 5) is 4.59. The zero-order chi connectivity index (χ0) is 13.8. The molecule has 4 heteroatoms. The van der Waals surface area contributed by atoms with E-state index < -0.39 is 0 Å². The second-order valence-electron chi connectivity index (χ2n) is 4.46. The van der Waals surface area contributed by atoms with Crippen LogP contribution >= 0.6 is 0 Å². The van der Waals surface area contributed by atoms with Crippen LogP contribution in [0, 0.1) is 12.8 Å². The summed E-state index contributed by atoms with van der Waals surface area (Å²) in [6, 6.07) is 20.2. The van der Waals surface area contributed by atoms with E-state index in [4.69, 9.17) is 4.42 Å². The topological polar surface area (TPSA) is 26.0 Å². The summed E-state index contributed by atoms with van der Waals surface area (Å²) in [5.74, 6) is 1.44. The van der Waals surface area contributed by atoms with E-state index in [2.05, 4.69) is 4.98 Å². The monoisotopic (exact) mass is 439 g/mol. The Bertz CT molecular complexity index is 624. The number of hydrogen-bond donors (Lipinski definition) is 0. The predicted molar refractivity (Wildman–Crippen MR) is 80.8 cm³/mol. The Labute approximate surface area is 181 Å². The first kappa shape index (κ1) is 19.8. The van der Waals surface area contributed by atoms with Crippen molar-refractivity contribution >= 4 is 0 Å². The molecular formula is C18H15NOY2-2. The van der Waals surface area contributed by atoms with E-state index in [1.54, 1.807) is 0 Å². The van der Waals surface area contributed by atoms with Crippen LogP contribution in [-0.4, -0.2) is 4.98 Å². The number of benzene rings is 2. The minimum absolute atomic E-state index is 0. The van der Waals surface area contributed by atoms with E-state index in [-0.39, 0.29) is 65.4 Å². The minimum atomic E-state index is 0. The second-order valence-corrected chi connectivity index (χ2v) is 4.46. The molecule has 3 aromatic rings. The van der Waals surface area contributed by atoms with Crippen LogP contribution in [0.4, 0.5) is 0 Å². The van der Waals surface area contributed by atoms with Crippen molar-refractivity contribution in [2.24, 2.45) is 0 Å². The summed E-state index contributed by atoms with van der Waals surface area (Å²) in [7, 11) is 0. The van der Waals surface area contributed by atoms with Gasteiger partial charge in [0.05, 0.1) is 0 Å². The molecule has 0 spiro atoms. The van der Waals surface area contributed by atoms with Gasteiger partial charge in [-0.05, 0) is 0 Å². The Morgan fingerprint density at radius 1 is 0.818 bits per heavy atom. The zero-order valence-electron chi connectivity index (χ0n) is 12.4. The summed E-state index contributed by atoms with van der Waals surface area (Å²) in [5, 5.41) is 0. The first-order chi connectivity index (χ1) is 9.88. The van der Waals surface area contributed by atoms with Crippen LogP contribution in [0.25, 0.3) is 22.6 Å². The zero-order valence-corrected chi connectivity index (χ0v) is 18.1. The SMILES string of the molecule is C[CH-][CH-]c1nc(-c2ccccc2)c(-c2ccccc2)o1.[Y].[Y]. The Kier molecular flexibility index (Phi) is 8.79. The van der Waals surface area contributed by atoms with Crippen LogP contribution < -0.4 is 0 Å². The van der Waals surface area contributed by atoms with Crippen LogP contribution in [-0.2, 0) is 65.4 Å². The van der Waals surface area contributed by atoms with Crippen LogP contribution in [0.5, 0.6) is 0 Å². The van der Waals surface area contributed by atoms with Gasteiger partial charge in [0.15, 0.2) is 5.76 Å². The molecule has 22 heavy (non-hydrogen) atoms. The van der Waals surface area contributed by atoms with Gasteiger partial charge in [-0.15, -0.1) is 0 Å². The molecule has 3 rings (SSSR count). The van der Waals surface area contributed by atoms with Gasteiger partial charge in [0.25, 0.3) is 0 Å². The summed E-state index contributed by atoms with van der Waals surface area (Å²) in [5.41, 5.74) is 2.98. The fourth-order valence-electron chi connectivity index (χ4n) is 2.13. The Morgan fingerprint density at radius 3 is 1.91 bits per heavy atom. The molecule has 0 unspecified atom stereocenters. The summed E-state index contributed by atoms with van der Waals surface area (Å²) >= 11 is 0. The summed E-state index contributed by atoms with van der Waals surface area (Å²) in [6.45, 7) is 1.95. The van der Waals surface area contributed by atoms with Crippen molar-refractivity contribution in [3.8, 4) is 22.6 Å². The van der Waals surface area contributed by atoms with Crippen LogP contribution in [0.3, 0.4) is 0 Å². The fourth-order valence-corrected chi connectivity index (χ4v) is 2.13. The quantitative estimate of drug-likeness (QED) is 0.548. The number of nitrogens with zero attached hydrogens (tertiary/aromatic N) is 1. The summed E-state index contributed by atoms with van der Waals surface area (Å²) < 4.78 is 5.90. The molecule has 1 aromatic heterocycles. The molecule has 106 valence electrons. The average molecular weight is 439 g/mol. The molecule has 0 N–H and O–H groups in total. The van der Waals surface area contributed by atoms with Crippen molar-refractivity contribution in [2.75, 3.05) is 0 Å². The van der Waals surface area contributed by atoms with E-state index in [0.717, 1.165) is 22.6 Å². The molecule has 0 aliphatic carbocycles. The maximum absolute atomic E-state index is 5.90. The molecule has 2 aromatic carbocycles. The summed E-state index contributed by atoms with van der Waals surface area (Å²) in [6.07, 6.45) is 3.80. The number of oxazole rings is 1. The third-order valence-corrected chi connectivity index (χ3v) is 3.04. The van der Waals surface area contributed by atoms with Gasteiger partial charge in [-0.2, -0.15) is 0 Å². The van der Waals surface area contributed by atoms with Crippen LogP contribution in [0.1, 0.15) is 12.8 Å². The molecule has 2 radical (unpaired) electrons. The molecule has 0 atom stereocenters. The van der Waals surface area contributed by atoms with Crippen molar-refractivity contribution in [3.05, 3.63) is 79.4 Å². The molecule has 0 amide bonds. The van der Waals surface area contributed by atoms with Crippen molar-refractivity contribution < 1.29 is 69.8 Å². The Morgan fingerprint density at radius 2 is 1.36 bits per heavy atom. The van der Waals surface area contributed by atoms with Crippen molar-refractivity contribution in [2.45, 2.75) is 6.92 Å². The molecule has 2 nitrogen and oxygen atoms in total. The van der Waals surface area contributed by atoms with E-state index in [0.29, 0.717) is 5.89 Å². The third kappa shape index (κ3) is 4.61. The first-order valence-corrected chi connectivity index (χ1v) is 6.63. The third-order valence-electron chi connectivity index (χ3n) is 3.04. The van der Waals surface area contributed by atoms with Gasteiger partial charge in [-0.1, -0.05) is 60.7 Å². The van der Waals surface area contributed by atoms with Crippen molar-refractivity contribution in [1.82, 2.24) is 4.98 Å². The second kappa shape index (κ2) is 9.77. The maximum Gasteiger partial charge on any atom is 0.158 e. The molecule has 0 saturated heterocycles. The van der Waals surface area contributed by atoms with Crippen LogP contribution in [0.2, 0.25) is 0 Å². The Hall–Kier alpha value is -0.272. The molecular weight excluding hydrogens is 424 g/mol. The molecule has 0 aliphatic heterocycles. The van der Waals surface area contributed by atoms with Gasteiger partial charge in [-0.3, -0.25) is 0 Å². The van der Waals surface area contributed by atoms with Crippen LogP contribution in [0.15, 0.2) is 65.1 Å². The minimum Gasteiger partial charge on any atom is -0.479 e. The number of hydrogen-bond acceptors (Lipinski definition) is 2. The van der Waals surface area contributed by atoms with Gasteiger partial charge in [0.1, 0.15) is 5.69 Å². The van der Waals surface area contributed by atoms with E-state index in [1.165, 1.54) is 0 Å². The van der Waals surface area contributed by atoms with Crippen molar-refractivity contribution in [3.63, 3.8) is 0 Å². The normalized spacial score (nSPS) is 9.50. The molecule has 0 fully saturated rings. The van der Waals surface area contributed by atoms with Gasteiger partial charge < -0.3 is 17.3 Å². The smallest absolute Gasteiger partial charge is 0.158 e. The van der Waals surface area contributed by atoms with Crippen molar-refractivity contribution in [1.29, 1.82) is 0 Å². The standard InChI is InChI=1S/C18H15NO.2Y/c1-2-9-16-19-17(14-10-5-3-6-11-14)18(20-16)15-12-7-4-8-13-15;;/h2-13H,1H3;;/q-2;;. The van der Waals surface area contributed by atoms with Gasteiger partial charge >= 0.3 is 0 Å². The molecule has 0 aliphatic rings. The number of aromatic nitrogens is 1. The maximum atomic E-state index is 5.90. The fraction of sp³-hybridized carbons (Fsp3) is 0.0556.